The number of hydrogen-bond donors (Lipinski definition) is 2. The molecule has 3 rings (SSSR count). The maximum Gasteiger partial charge on any atom is 0.335 e. The van der Waals surface area contributed by atoms with Gasteiger partial charge in [-0.1, -0.05) is 17.7 Å². The van der Waals surface area contributed by atoms with Crippen molar-refractivity contribution in [2.24, 2.45) is 0 Å². The van der Waals surface area contributed by atoms with Gasteiger partial charge in [-0.3, -0.25) is 14.9 Å². The fourth-order valence-electron chi connectivity index (χ4n) is 2.26. The predicted molar refractivity (Wildman–Crippen MR) is 88.5 cm³/mol. The van der Waals surface area contributed by atoms with Crippen LogP contribution in [-0.4, -0.2) is 23.0 Å². The Morgan fingerprint density at radius 3 is 2.40 bits per heavy atom. The third-order valence-corrected chi connectivity index (χ3v) is 3.77. The summed E-state index contributed by atoms with van der Waals surface area (Å²) in [5, 5.41) is 11.5. The van der Waals surface area contributed by atoms with Crippen molar-refractivity contribution >= 4 is 41.2 Å². The standard InChI is InChI=1S/C17H10ClFN2O4/c18-13-8-9(1-6-14(13)22)7-12-15(23)20-17(25)21(16(12)24)11-4-2-10(19)3-5-11/h1-8,22H,(H,20,23,25)/b12-7+. The second-order valence-electron chi connectivity index (χ2n) is 5.15. The average Bonchev–Trinajstić information content (AvgIpc) is 2.56. The van der Waals surface area contributed by atoms with E-state index in [1.54, 1.807) is 0 Å². The lowest BCUT2D eigenvalue weighted by molar-refractivity contribution is -0.122. The molecule has 0 aliphatic carbocycles. The van der Waals surface area contributed by atoms with Gasteiger partial charge in [0.1, 0.15) is 17.1 Å². The summed E-state index contributed by atoms with van der Waals surface area (Å²) in [5.41, 5.74) is 0.200. The average molecular weight is 361 g/mol. The summed E-state index contributed by atoms with van der Waals surface area (Å²) in [6.45, 7) is 0. The normalized spacial score (nSPS) is 16.3. The topological polar surface area (TPSA) is 86.7 Å². The first-order valence-electron chi connectivity index (χ1n) is 7.02. The lowest BCUT2D eigenvalue weighted by Gasteiger charge is -2.26. The second-order valence-corrected chi connectivity index (χ2v) is 5.55. The number of anilines is 1. The SMILES string of the molecule is O=C1NC(=O)N(c2ccc(F)cc2)C(=O)/C1=C/c1ccc(O)c(Cl)c1. The van der Waals surface area contributed by atoms with Crippen LogP contribution < -0.4 is 10.2 Å². The molecule has 1 heterocycles. The van der Waals surface area contributed by atoms with Crippen molar-refractivity contribution in [1.82, 2.24) is 5.32 Å². The molecule has 0 bridgehead atoms. The molecule has 0 radical (unpaired) electrons. The van der Waals surface area contributed by atoms with Crippen LogP contribution in [0.4, 0.5) is 14.9 Å². The summed E-state index contributed by atoms with van der Waals surface area (Å²) >= 11 is 5.80. The molecule has 2 aromatic rings. The lowest BCUT2D eigenvalue weighted by Crippen LogP contribution is -2.54. The van der Waals surface area contributed by atoms with Crippen LogP contribution in [0.15, 0.2) is 48.0 Å². The smallest absolute Gasteiger partial charge is 0.335 e. The fraction of sp³-hybridized carbons (Fsp3) is 0. The summed E-state index contributed by atoms with van der Waals surface area (Å²) in [7, 11) is 0. The minimum absolute atomic E-state index is 0.0458. The molecule has 1 fully saturated rings. The minimum Gasteiger partial charge on any atom is -0.506 e. The molecule has 126 valence electrons. The lowest BCUT2D eigenvalue weighted by atomic mass is 10.1. The van der Waals surface area contributed by atoms with E-state index in [-0.39, 0.29) is 22.0 Å². The largest absolute Gasteiger partial charge is 0.506 e. The molecule has 1 saturated heterocycles. The molecule has 2 N–H and O–H groups in total. The highest BCUT2D eigenvalue weighted by molar-refractivity contribution is 6.39. The van der Waals surface area contributed by atoms with Crippen molar-refractivity contribution < 1.29 is 23.9 Å². The number of barbiturate groups is 1. The molecular formula is C17H10ClFN2O4. The number of hydrogen-bond acceptors (Lipinski definition) is 4. The van der Waals surface area contributed by atoms with Crippen LogP contribution in [0.25, 0.3) is 6.08 Å². The van der Waals surface area contributed by atoms with Crippen LogP contribution in [0, 0.1) is 5.82 Å². The number of halogens is 2. The van der Waals surface area contributed by atoms with Crippen molar-refractivity contribution in [1.29, 1.82) is 0 Å². The van der Waals surface area contributed by atoms with Gasteiger partial charge < -0.3 is 5.11 Å². The zero-order valence-electron chi connectivity index (χ0n) is 12.5. The van der Waals surface area contributed by atoms with E-state index in [1.807, 2.05) is 0 Å². The quantitative estimate of drug-likeness (QED) is 0.637. The summed E-state index contributed by atoms with van der Waals surface area (Å²) in [5.74, 6) is -2.40. The molecule has 0 saturated carbocycles. The first kappa shape index (κ1) is 16.7. The van der Waals surface area contributed by atoms with Gasteiger partial charge in [-0.2, -0.15) is 0 Å². The van der Waals surface area contributed by atoms with Gasteiger partial charge in [-0.05, 0) is 48.0 Å². The Morgan fingerprint density at radius 1 is 1.08 bits per heavy atom. The highest BCUT2D eigenvalue weighted by Crippen LogP contribution is 2.26. The van der Waals surface area contributed by atoms with E-state index in [9.17, 15) is 23.9 Å². The number of aromatic hydroxyl groups is 1. The number of nitrogens with one attached hydrogen (secondary N) is 1. The number of benzene rings is 2. The summed E-state index contributed by atoms with van der Waals surface area (Å²) in [6.07, 6.45) is 1.24. The molecule has 6 nitrogen and oxygen atoms in total. The number of urea groups is 1. The first-order chi connectivity index (χ1) is 11.9. The molecule has 1 aliphatic rings. The first-order valence-corrected chi connectivity index (χ1v) is 7.40. The van der Waals surface area contributed by atoms with E-state index in [0.29, 0.717) is 5.56 Å². The van der Waals surface area contributed by atoms with Crippen LogP contribution in [0.2, 0.25) is 5.02 Å². The highest BCUT2D eigenvalue weighted by Gasteiger charge is 2.36. The van der Waals surface area contributed by atoms with Crippen LogP contribution >= 0.6 is 11.6 Å². The van der Waals surface area contributed by atoms with Gasteiger partial charge in [-0.15, -0.1) is 0 Å². The van der Waals surface area contributed by atoms with Crippen molar-refractivity contribution in [2.75, 3.05) is 4.90 Å². The molecule has 25 heavy (non-hydrogen) atoms. The summed E-state index contributed by atoms with van der Waals surface area (Å²) in [4.78, 5) is 37.3. The van der Waals surface area contributed by atoms with Gasteiger partial charge in [0.05, 0.1) is 10.7 Å². The number of carbonyl (C=O) groups excluding carboxylic acids is 3. The third-order valence-electron chi connectivity index (χ3n) is 3.47. The van der Waals surface area contributed by atoms with E-state index in [0.717, 1.165) is 17.0 Å². The molecule has 1 aliphatic heterocycles. The number of nitrogens with zero attached hydrogens (tertiary/aromatic N) is 1. The Labute approximate surface area is 146 Å². The molecule has 0 unspecified atom stereocenters. The number of carbonyl (C=O) groups is 3. The maximum atomic E-state index is 13.0. The van der Waals surface area contributed by atoms with Crippen LogP contribution in [0.5, 0.6) is 5.75 Å². The second kappa shape index (κ2) is 6.37. The Hall–Kier alpha value is -3.19. The van der Waals surface area contributed by atoms with Gasteiger partial charge in [-0.25, -0.2) is 14.1 Å². The molecule has 8 heteroatoms. The van der Waals surface area contributed by atoms with Crippen molar-refractivity contribution in [3.05, 3.63) is 64.4 Å². The van der Waals surface area contributed by atoms with E-state index < -0.39 is 23.7 Å². The number of phenolic OH excluding ortho intramolecular Hbond substituents is 1. The maximum absolute atomic E-state index is 13.0. The number of rotatable bonds is 2. The number of imide groups is 2. The Bertz CT molecular complexity index is 925. The molecule has 4 amide bonds. The Kier molecular flexibility index (Phi) is 4.24. The van der Waals surface area contributed by atoms with Crippen LogP contribution in [0.1, 0.15) is 5.56 Å². The van der Waals surface area contributed by atoms with Crippen molar-refractivity contribution in [3.8, 4) is 5.75 Å². The molecular weight excluding hydrogens is 351 g/mol. The van der Waals surface area contributed by atoms with E-state index in [1.165, 1.54) is 36.4 Å². The van der Waals surface area contributed by atoms with E-state index >= 15 is 0 Å². The zero-order chi connectivity index (χ0) is 18.1. The van der Waals surface area contributed by atoms with E-state index in [2.05, 4.69) is 5.32 Å². The predicted octanol–water partition coefficient (Wildman–Crippen LogP) is 2.85. The molecule has 0 aromatic heterocycles. The van der Waals surface area contributed by atoms with Crippen LogP contribution in [0.3, 0.4) is 0 Å². The van der Waals surface area contributed by atoms with Gasteiger partial charge in [0, 0.05) is 0 Å². The van der Waals surface area contributed by atoms with Crippen LogP contribution in [-0.2, 0) is 9.59 Å². The molecule has 0 spiro atoms. The monoisotopic (exact) mass is 360 g/mol. The summed E-state index contributed by atoms with van der Waals surface area (Å²) < 4.78 is 13.0. The van der Waals surface area contributed by atoms with Gasteiger partial charge in [0.25, 0.3) is 11.8 Å². The third kappa shape index (κ3) is 3.22. The van der Waals surface area contributed by atoms with Crippen molar-refractivity contribution in [3.63, 3.8) is 0 Å². The fourth-order valence-corrected chi connectivity index (χ4v) is 2.45. The van der Waals surface area contributed by atoms with Crippen molar-refractivity contribution in [2.45, 2.75) is 0 Å². The molecule has 0 atom stereocenters. The van der Waals surface area contributed by atoms with Gasteiger partial charge in [0.2, 0.25) is 0 Å². The number of amides is 4. The van der Waals surface area contributed by atoms with Gasteiger partial charge in [0.15, 0.2) is 0 Å². The van der Waals surface area contributed by atoms with Gasteiger partial charge >= 0.3 is 6.03 Å². The Balaban J connectivity index is 2.01. The number of phenols is 1. The summed E-state index contributed by atoms with van der Waals surface area (Å²) in [6, 6.07) is 7.88. The zero-order valence-corrected chi connectivity index (χ0v) is 13.2. The highest BCUT2D eigenvalue weighted by atomic mass is 35.5. The van der Waals surface area contributed by atoms with E-state index in [4.69, 9.17) is 11.6 Å². The molecule has 2 aromatic carbocycles. The Morgan fingerprint density at radius 2 is 1.76 bits per heavy atom. The minimum atomic E-state index is -0.928.